The maximum Gasteiger partial charge on any atom is 0.244 e. The second-order valence-electron chi connectivity index (χ2n) is 8.40. The zero-order valence-electron chi connectivity index (χ0n) is 19.3. The van der Waals surface area contributed by atoms with E-state index in [2.05, 4.69) is 10.3 Å². The van der Waals surface area contributed by atoms with Crippen molar-refractivity contribution >= 4 is 53.4 Å². The average molecular weight is 501 g/mol. The van der Waals surface area contributed by atoms with Gasteiger partial charge in [0.1, 0.15) is 6.04 Å². The van der Waals surface area contributed by atoms with Gasteiger partial charge in [0, 0.05) is 56.9 Å². The Morgan fingerprint density at radius 2 is 1.70 bits per heavy atom. The number of carbonyl (C=O) groups is 3. The van der Waals surface area contributed by atoms with Crippen LogP contribution in [0.25, 0.3) is 10.9 Å². The normalized spacial score (nSPS) is 15.4. The van der Waals surface area contributed by atoms with E-state index in [1.54, 1.807) is 29.1 Å². The molecule has 0 saturated carbocycles. The Bertz CT molecular complexity index is 943. The van der Waals surface area contributed by atoms with E-state index in [9.17, 15) is 14.4 Å². The van der Waals surface area contributed by atoms with Crippen molar-refractivity contribution in [1.82, 2.24) is 24.7 Å². The third kappa shape index (κ3) is 7.06. The van der Waals surface area contributed by atoms with Crippen LogP contribution in [0.5, 0.6) is 0 Å². The molecule has 2 atom stereocenters. The van der Waals surface area contributed by atoms with Gasteiger partial charge in [-0.25, -0.2) is 0 Å². The molecule has 11 heteroatoms. The van der Waals surface area contributed by atoms with Gasteiger partial charge in [0.05, 0.1) is 17.8 Å². The number of carbonyl (C=O) groups excluding carboxylic acids is 3. The van der Waals surface area contributed by atoms with Crippen LogP contribution in [-0.4, -0.2) is 75.3 Å². The van der Waals surface area contributed by atoms with Gasteiger partial charge in [-0.15, -0.1) is 24.8 Å². The van der Waals surface area contributed by atoms with E-state index in [0.29, 0.717) is 39.1 Å². The molecule has 33 heavy (non-hydrogen) atoms. The molecule has 184 valence electrons. The summed E-state index contributed by atoms with van der Waals surface area (Å²) in [6.07, 6.45) is 5.92. The van der Waals surface area contributed by atoms with Gasteiger partial charge < -0.3 is 25.4 Å². The number of nitrogens with zero attached hydrogens (tertiary/aromatic N) is 4. The first-order chi connectivity index (χ1) is 14.8. The largest absolute Gasteiger partial charge is 0.346 e. The van der Waals surface area contributed by atoms with Crippen LogP contribution >= 0.6 is 24.8 Å². The minimum absolute atomic E-state index is 0. The van der Waals surface area contributed by atoms with Gasteiger partial charge in [-0.1, -0.05) is 13.8 Å². The molecular formula is C22H34Cl2N6O3. The SMILES string of the molecule is CC(NC(=O)C(N)C(C)C)C(=O)N1CCN(C(=O)CCn2ccc3ccncc32)CC1.Cl.Cl. The Labute approximate surface area is 206 Å². The summed E-state index contributed by atoms with van der Waals surface area (Å²) in [5.41, 5.74) is 6.86. The van der Waals surface area contributed by atoms with Crippen molar-refractivity contribution in [3.05, 3.63) is 30.7 Å². The number of piperazine rings is 1. The van der Waals surface area contributed by atoms with E-state index in [1.807, 2.05) is 36.7 Å². The lowest BCUT2D eigenvalue weighted by Crippen LogP contribution is -2.57. The number of hydrogen-bond acceptors (Lipinski definition) is 5. The molecule has 0 aliphatic carbocycles. The van der Waals surface area contributed by atoms with E-state index >= 15 is 0 Å². The van der Waals surface area contributed by atoms with E-state index in [-0.39, 0.29) is 48.5 Å². The molecular weight excluding hydrogens is 467 g/mol. The summed E-state index contributed by atoms with van der Waals surface area (Å²) in [5, 5.41) is 3.80. The monoisotopic (exact) mass is 500 g/mol. The smallest absolute Gasteiger partial charge is 0.244 e. The first kappa shape index (κ1) is 28.7. The Morgan fingerprint density at radius 1 is 1.06 bits per heavy atom. The fourth-order valence-corrected chi connectivity index (χ4v) is 3.72. The number of pyridine rings is 1. The van der Waals surface area contributed by atoms with Crippen LogP contribution in [0.1, 0.15) is 27.2 Å². The van der Waals surface area contributed by atoms with Crippen LogP contribution < -0.4 is 11.1 Å². The minimum Gasteiger partial charge on any atom is -0.346 e. The summed E-state index contributed by atoms with van der Waals surface area (Å²) in [5.74, 6) is -0.403. The minimum atomic E-state index is -0.643. The van der Waals surface area contributed by atoms with Crippen molar-refractivity contribution in [2.45, 2.75) is 45.8 Å². The summed E-state index contributed by atoms with van der Waals surface area (Å²) in [4.78, 5) is 45.1. The van der Waals surface area contributed by atoms with Crippen molar-refractivity contribution in [1.29, 1.82) is 0 Å². The molecule has 3 N–H and O–H groups in total. The highest BCUT2D eigenvalue weighted by atomic mass is 35.5. The second-order valence-corrected chi connectivity index (χ2v) is 8.40. The molecule has 0 bridgehead atoms. The second kappa shape index (κ2) is 12.8. The fourth-order valence-electron chi connectivity index (χ4n) is 3.72. The van der Waals surface area contributed by atoms with E-state index in [4.69, 9.17) is 5.73 Å². The highest BCUT2D eigenvalue weighted by Crippen LogP contribution is 2.15. The molecule has 0 aromatic carbocycles. The number of aromatic nitrogens is 2. The van der Waals surface area contributed by atoms with Crippen LogP contribution in [0.15, 0.2) is 30.7 Å². The summed E-state index contributed by atoms with van der Waals surface area (Å²) >= 11 is 0. The van der Waals surface area contributed by atoms with Crippen LogP contribution in [0.3, 0.4) is 0 Å². The van der Waals surface area contributed by atoms with Crippen LogP contribution in [0.2, 0.25) is 0 Å². The summed E-state index contributed by atoms with van der Waals surface area (Å²) in [6, 6.07) is 2.68. The third-order valence-electron chi connectivity index (χ3n) is 5.84. The van der Waals surface area contributed by atoms with Gasteiger partial charge in [0.25, 0.3) is 0 Å². The molecule has 3 heterocycles. The molecule has 2 aromatic rings. The van der Waals surface area contributed by atoms with Crippen molar-refractivity contribution in [2.75, 3.05) is 26.2 Å². The molecule has 1 aliphatic heterocycles. The number of nitrogens with one attached hydrogen (secondary N) is 1. The zero-order valence-corrected chi connectivity index (χ0v) is 20.9. The van der Waals surface area contributed by atoms with Crippen molar-refractivity contribution in [2.24, 2.45) is 11.7 Å². The van der Waals surface area contributed by atoms with E-state index in [0.717, 1.165) is 10.9 Å². The lowest BCUT2D eigenvalue weighted by Gasteiger charge is -2.36. The Balaban J connectivity index is 0.00000272. The number of nitrogens with two attached hydrogens (primary N) is 1. The van der Waals surface area contributed by atoms with Gasteiger partial charge in [-0.3, -0.25) is 19.4 Å². The maximum absolute atomic E-state index is 12.7. The third-order valence-corrected chi connectivity index (χ3v) is 5.84. The fraction of sp³-hybridized carbons (Fsp3) is 0.545. The highest BCUT2D eigenvalue weighted by Gasteiger charge is 2.29. The molecule has 2 aromatic heterocycles. The van der Waals surface area contributed by atoms with Crippen molar-refractivity contribution in [3.8, 4) is 0 Å². The number of aryl methyl sites for hydroxylation is 1. The number of fused-ring (bicyclic) bond motifs is 1. The Morgan fingerprint density at radius 3 is 2.33 bits per heavy atom. The molecule has 0 spiro atoms. The molecule has 1 saturated heterocycles. The van der Waals surface area contributed by atoms with Crippen molar-refractivity contribution < 1.29 is 14.4 Å². The first-order valence-electron chi connectivity index (χ1n) is 10.8. The van der Waals surface area contributed by atoms with Gasteiger partial charge in [0.2, 0.25) is 17.7 Å². The summed E-state index contributed by atoms with van der Waals surface area (Å²) in [6.45, 7) is 7.88. The molecule has 3 amide bonds. The average Bonchev–Trinajstić information content (AvgIpc) is 3.19. The van der Waals surface area contributed by atoms with E-state index < -0.39 is 12.1 Å². The van der Waals surface area contributed by atoms with Crippen LogP contribution in [0.4, 0.5) is 0 Å². The maximum atomic E-state index is 12.7. The summed E-state index contributed by atoms with van der Waals surface area (Å²) < 4.78 is 2.03. The van der Waals surface area contributed by atoms with Gasteiger partial charge in [-0.2, -0.15) is 0 Å². The van der Waals surface area contributed by atoms with Crippen molar-refractivity contribution in [3.63, 3.8) is 0 Å². The number of hydrogen-bond donors (Lipinski definition) is 2. The van der Waals surface area contributed by atoms with E-state index in [1.165, 1.54) is 0 Å². The Kier molecular flexibility index (Phi) is 11.1. The van der Waals surface area contributed by atoms with Gasteiger partial charge >= 0.3 is 0 Å². The molecule has 2 unspecified atom stereocenters. The molecule has 9 nitrogen and oxygen atoms in total. The van der Waals surface area contributed by atoms with Gasteiger partial charge in [0.15, 0.2) is 0 Å². The lowest BCUT2D eigenvalue weighted by molar-refractivity contribution is -0.141. The van der Waals surface area contributed by atoms with Gasteiger partial charge in [-0.05, 0) is 25.0 Å². The lowest BCUT2D eigenvalue weighted by atomic mass is 10.0. The first-order valence-corrected chi connectivity index (χ1v) is 10.8. The number of rotatable bonds is 7. The summed E-state index contributed by atoms with van der Waals surface area (Å²) in [7, 11) is 0. The Hall–Kier alpha value is -2.36. The topological polar surface area (TPSA) is 114 Å². The van der Waals surface area contributed by atoms with Crippen LogP contribution in [0, 0.1) is 5.92 Å². The molecule has 1 fully saturated rings. The zero-order chi connectivity index (χ0) is 22.5. The highest BCUT2D eigenvalue weighted by molar-refractivity contribution is 5.89. The van der Waals surface area contributed by atoms with Crippen LogP contribution in [-0.2, 0) is 20.9 Å². The number of amides is 3. The molecule has 3 rings (SSSR count). The molecule has 0 radical (unpaired) electrons. The predicted octanol–water partition coefficient (Wildman–Crippen LogP) is 1.43. The molecule has 1 aliphatic rings. The standard InChI is InChI=1S/C22H32N6O3.2ClH/c1-15(2)20(23)21(30)25-16(3)22(31)28-12-10-27(11-13-28)19(29)6-9-26-8-5-17-4-7-24-14-18(17)26;;/h4-5,7-8,14-16,20H,6,9-13,23H2,1-3H3,(H,25,30);2*1H. The predicted molar refractivity (Wildman–Crippen MR) is 132 cm³/mol. The number of halogens is 2. The quantitative estimate of drug-likeness (QED) is 0.596.